The number of alkyl halides is 3. The Balaban J connectivity index is 1.28. The maximum Gasteiger partial charge on any atom is 0.573 e. The van der Waals surface area contributed by atoms with Crippen molar-refractivity contribution in [3.05, 3.63) is 53.6 Å². The van der Waals surface area contributed by atoms with Gasteiger partial charge in [-0.15, -0.1) is 13.2 Å². The molecule has 4 rings (SSSR count). The largest absolute Gasteiger partial charge is 0.573 e. The molecular weight excluding hydrogens is 487 g/mol. The van der Waals surface area contributed by atoms with E-state index in [0.29, 0.717) is 5.92 Å². The number of halogens is 5. The zero-order valence-electron chi connectivity index (χ0n) is 21.1. The van der Waals surface area contributed by atoms with Crippen molar-refractivity contribution in [1.82, 2.24) is 0 Å². The van der Waals surface area contributed by atoms with E-state index in [9.17, 15) is 22.0 Å². The lowest BCUT2D eigenvalue weighted by atomic mass is 9.76. The second-order valence-electron chi connectivity index (χ2n) is 10.9. The Kier molecular flexibility index (Phi) is 9.13. The predicted molar refractivity (Wildman–Crippen MR) is 137 cm³/mol. The molecule has 0 spiro atoms. The lowest BCUT2D eigenvalue weighted by molar-refractivity contribution is -0.275. The van der Waals surface area contributed by atoms with Crippen molar-refractivity contribution in [2.75, 3.05) is 0 Å². The van der Waals surface area contributed by atoms with E-state index in [1.54, 1.807) is 18.2 Å². The number of ether oxygens (including phenoxy) is 1. The van der Waals surface area contributed by atoms with Crippen LogP contribution in [0.5, 0.6) is 5.75 Å². The van der Waals surface area contributed by atoms with E-state index in [0.717, 1.165) is 42.4 Å². The van der Waals surface area contributed by atoms with Crippen molar-refractivity contribution in [3.8, 4) is 16.9 Å². The van der Waals surface area contributed by atoms with E-state index < -0.39 is 32.5 Å². The van der Waals surface area contributed by atoms with Crippen molar-refractivity contribution in [2.45, 2.75) is 95.1 Å². The van der Waals surface area contributed by atoms with Gasteiger partial charge in [0.25, 0.3) is 0 Å². The van der Waals surface area contributed by atoms with Gasteiger partial charge in [-0.05, 0) is 72.8 Å². The summed E-state index contributed by atoms with van der Waals surface area (Å²) in [6.07, 6.45) is 6.46. The third-order valence-electron chi connectivity index (χ3n) is 8.43. The van der Waals surface area contributed by atoms with Gasteiger partial charge in [0.1, 0.15) is 5.82 Å². The quantitative estimate of drug-likeness (QED) is 0.247. The first kappa shape index (κ1) is 27.1. The standard InChI is InChI=1S/C29H37F5OSi/c1-2-15-36-16-13-21(14-17-36)4-3-20-5-7-22(8-6-20)23-9-11-25(26(30)18-23)24-10-12-28(27(31)19-24)35-29(32,33)34/h9-12,18-22,36H,2-8,13-17H2,1H3/t20-,21-,22-,36-. The maximum absolute atomic E-state index is 14.9. The minimum absolute atomic E-state index is 0.168. The first-order valence-electron chi connectivity index (χ1n) is 13.6. The minimum Gasteiger partial charge on any atom is -0.403 e. The van der Waals surface area contributed by atoms with Crippen molar-refractivity contribution in [2.24, 2.45) is 11.8 Å². The van der Waals surface area contributed by atoms with Crippen LogP contribution in [0.4, 0.5) is 22.0 Å². The molecule has 0 bridgehead atoms. The van der Waals surface area contributed by atoms with E-state index in [4.69, 9.17) is 0 Å². The molecule has 0 unspecified atom stereocenters. The molecule has 2 aliphatic rings. The molecular formula is C29H37F5OSi. The van der Waals surface area contributed by atoms with Gasteiger partial charge in [0.05, 0.1) is 0 Å². The molecule has 0 N–H and O–H groups in total. The van der Waals surface area contributed by atoms with E-state index >= 15 is 0 Å². The van der Waals surface area contributed by atoms with Gasteiger partial charge in [-0.1, -0.05) is 75.4 Å². The molecule has 1 heterocycles. The van der Waals surface area contributed by atoms with Crippen LogP contribution in [-0.2, 0) is 0 Å². The monoisotopic (exact) mass is 524 g/mol. The molecule has 36 heavy (non-hydrogen) atoms. The van der Waals surface area contributed by atoms with E-state index in [2.05, 4.69) is 11.7 Å². The third-order valence-corrected chi connectivity index (χ3v) is 12.1. The molecule has 0 atom stereocenters. The Morgan fingerprint density at radius 1 is 0.833 bits per heavy atom. The van der Waals surface area contributed by atoms with Gasteiger partial charge < -0.3 is 4.74 Å². The van der Waals surface area contributed by atoms with Crippen LogP contribution >= 0.6 is 0 Å². The molecule has 1 aliphatic carbocycles. The zero-order valence-corrected chi connectivity index (χ0v) is 22.2. The Bertz CT molecular complexity index is 992. The number of benzene rings is 2. The van der Waals surface area contributed by atoms with Crippen molar-refractivity contribution >= 4 is 8.80 Å². The number of hydrogen-bond acceptors (Lipinski definition) is 1. The zero-order chi connectivity index (χ0) is 25.7. The molecule has 1 saturated carbocycles. The summed E-state index contributed by atoms with van der Waals surface area (Å²) < 4.78 is 69.8. The summed E-state index contributed by atoms with van der Waals surface area (Å²) in [5, 5.41) is 0. The fourth-order valence-corrected chi connectivity index (χ4v) is 9.94. The van der Waals surface area contributed by atoms with Crippen LogP contribution in [0.15, 0.2) is 36.4 Å². The Labute approximate surface area is 213 Å². The average Bonchev–Trinajstić information content (AvgIpc) is 2.85. The lowest BCUT2D eigenvalue weighted by Crippen LogP contribution is -2.22. The molecule has 1 saturated heterocycles. The van der Waals surface area contributed by atoms with Crippen LogP contribution in [0.3, 0.4) is 0 Å². The molecule has 2 aromatic rings. The van der Waals surface area contributed by atoms with E-state index in [1.165, 1.54) is 63.1 Å². The molecule has 2 fully saturated rings. The summed E-state index contributed by atoms with van der Waals surface area (Å²) in [7, 11) is -0.404. The van der Waals surface area contributed by atoms with Crippen LogP contribution in [0, 0.1) is 23.5 Å². The Hall–Kier alpha value is -1.89. The smallest absolute Gasteiger partial charge is 0.403 e. The van der Waals surface area contributed by atoms with Crippen LogP contribution in [0.2, 0.25) is 18.1 Å². The highest BCUT2D eigenvalue weighted by Crippen LogP contribution is 2.40. The molecule has 1 nitrogen and oxygen atoms in total. The van der Waals surface area contributed by atoms with Crippen LogP contribution in [-0.4, -0.2) is 15.2 Å². The summed E-state index contributed by atoms with van der Waals surface area (Å²) in [5.74, 6) is -0.561. The summed E-state index contributed by atoms with van der Waals surface area (Å²) in [6, 6.07) is 12.6. The molecule has 1 aliphatic heterocycles. The summed E-state index contributed by atoms with van der Waals surface area (Å²) >= 11 is 0. The lowest BCUT2D eigenvalue weighted by Gasteiger charge is -2.32. The minimum atomic E-state index is -4.98. The van der Waals surface area contributed by atoms with Crippen LogP contribution in [0.1, 0.15) is 76.2 Å². The van der Waals surface area contributed by atoms with Gasteiger partial charge in [-0.2, -0.15) is 0 Å². The van der Waals surface area contributed by atoms with Crippen molar-refractivity contribution in [3.63, 3.8) is 0 Å². The highest BCUT2D eigenvalue weighted by Gasteiger charge is 2.32. The predicted octanol–water partition coefficient (Wildman–Crippen LogP) is 9.63. The molecule has 0 aromatic heterocycles. The van der Waals surface area contributed by atoms with Gasteiger partial charge in [0.2, 0.25) is 0 Å². The third kappa shape index (κ3) is 7.33. The molecule has 0 radical (unpaired) electrons. The van der Waals surface area contributed by atoms with Gasteiger partial charge >= 0.3 is 6.36 Å². The first-order chi connectivity index (χ1) is 17.2. The second-order valence-corrected chi connectivity index (χ2v) is 14.4. The topological polar surface area (TPSA) is 9.23 Å². The fourth-order valence-electron chi connectivity index (χ4n) is 6.37. The molecule has 2 aromatic carbocycles. The van der Waals surface area contributed by atoms with Gasteiger partial charge in [0.15, 0.2) is 11.6 Å². The van der Waals surface area contributed by atoms with Gasteiger partial charge in [-0.3, -0.25) is 0 Å². The molecule has 7 heteroatoms. The van der Waals surface area contributed by atoms with Crippen LogP contribution in [0.25, 0.3) is 11.1 Å². The highest BCUT2D eigenvalue weighted by atomic mass is 28.3. The Morgan fingerprint density at radius 3 is 2.08 bits per heavy atom. The average molecular weight is 525 g/mol. The van der Waals surface area contributed by atoms with Gasteiger partial charge in [-0.25, -0.2) is 8.78 Å². The summed E-state index contributed by atoms with van der Waals surface area (Å²) in [6.45, 7) is 2.32. The van der Waals surface area contributed by atoms with Crippen molar-refractivity contribution in [1.29, 1.82) is 0 Å². The summed E-state index contributed by atoms with van der Waals surface area (Å²) in [4.78, 5) is 0. The highest BCUT2D eigenvalue weighted by molar-refractivity contribution is 6.58. The molecule has 0 amide bonds. The fraction of sp³-hybridized carbons (Fsp3) is 0.586. The second kappa shape index (κ2) is 12.1. The first-order valence-corrected chi connectivity index (χ1v) is 16.0. The SMILES string of the molecule is CCC[Si@H]1CC[C@H](CC[C@H]2CC[C@H](c3ccc(-c4ccc(OC(F)(F)F)c(F)c4)c(F)c3)CC2)CC1. The van der Waals surface area contributed by atoms with Crippen molar-refractivity contribution < 1.29 is 26.7 Å². The molecule has 198 valence electrons. The van der Waals surface area contributed by atoms with E-state index in [-0.39, 0.29) is 11.1 Å². The number of hydrogen-bond donors (Lipinski definition) is 0. The van der Waals surface area contributed by atoms with Gasteiger partial charge in [0, 0.05) is 14.4 Å². The van der Waals surface area contributed by atoms with E-state index in [1.807, 2.05) is 6.07 Å². The number of rotatable bonds is 8. The summed E-state index contributed by atoms with van der Waals surface area (Å²) in [5.41, 5.74) is 1.30. The maximum atomic E-state index is 14.9. The van der Waals surface area contributed by atoms with Crippen LogP contribution < -0.4 is 4.74 Å². The normalized spacial score (nSPS) is 25.1. The Morgan fingerprint density at radius 2 is 1.50 bits per heavy atom.